The van der Waals surface area contributed by atoms with E-state index in [1.165, 1.54) is 32.3 Å². The summed E-state index contributed by atoms with van der Waals surface area (Å²) in [5.41, 5.74) is 0.286. The fraction of sp³-hybridized carbons (Fsp3) is 0.692. The van der Waals surface area contributed by atoms with Crippen LogP contribution < -0.4 is 10.6 Å². The van der Waals surface area contributed by atoms with Crippen molar-refractivity contribution < 1.29 is 42.9 Å². The Morgan fingerprint density at radius 1 is 0.784 bits per heavy atom. The number of ether oxygens (including phenoxy) is 5. The summed E-state index contributed by atoms with van der Waals surface area (Å²) in [4.78, 5) is 45.9. The number of unbranched alkanes of at least 4 members (excludes halogenated alkanes) is 3. The van der Waals surface area contributed by atoms with E-state index in [0.29, 0.717) is 19.7 Å². The van der Waals surface area contributed by atoms with Gasteiger partial charge in [-0.3, -0.25) is 0 Å². The number of hydrogen-bond donors (Lipinski definition) is 2. The highest BCUT2D eigenvalue weighted by atomic mass is 16.6. The second-order valence-electron chi connectivity index (χ2n) is 8.62. The number of esters is 2. The highest BCUT2D eigenvalue weighted by Gasteiger charge is 2.12. The number of carbonyl (C=O) groups is 4. The predicted molar refractivity (Wildman–Crippen MR) is 136 cm³/mol. The average molecular weight is 527 g/mol. The number of carbonyl (C=O) groups excluding carboxylic acids is 4. The number of rotatable bonds is 18. The molecule has 0 aromatic rings. The Morgan fingerprint density at radius 2 is 1.32 bits per heavy atom. The van der Waals surface area contributed by atoms with Crippen molar-refractivity contribution in [1.29, 1.82) is 0 Å². The molecule has 2 N–H and O–H groups in total. The van der Waals surface area contributed by atoms with Crippen LogP contribution in [0.1, 0.15) is 64.7 Å². The van der Waals surface area contributed by atoms with Crippen LogP contribution >= 0.6 is 0 Å². The summed E-state index contributed by atoms with van der Waals surface area (Å²) in [6.07, 6.45) is 11.2. The Bertz CT molecular complexity index is 734. The van der Waals surface area contributed by atoms with Crippen molar-refractivity contribution in [1.82, 2.24) is 10.6 Å². The molecule has 0 aromatic heterocycles. The normalized spacial score (nSPS) is 13.5. The molecule has 37 heavy (non-hydrogen) atoms. The molecule has 2 amide bonds. The fourth-order valence-electron chi connectivity index (χ4n) is 3.37. The fourth-order valence-corrected chi connectivity index (χ4v) is 3.37. The van der Waals surface area contributed by atoms with E-state index in [0.717, 1.165) is 38.5 Å². The van der Waals surface area contributed by atoms with E-state index in [9.17, 15) is 19.2 Å². The van der Waals surface area contributed by atoms with Gasteiger partial charge in [-0.25, -0.2) is 19.2 Å². The maximum absolute atomic E-state index is 11.6. The number of hydrogen-bond acceptors (Lipinski definition) is 9. The van der Waals surface area contributed by atoms with E-state index in [1.54, 1.807) is 6.08 Å². The van der Waals surface area contributed by atoms with Gasteiger partial charge in [-0.2, -0.15) is 0 Å². The molecule has 0 saturated heterocycles. The number of amides is 2. The zero-order valence-electron chi connectivity index (χ0n) is 21.9. The lowest BCUT2D eigenvalue weighted by Gasteiger charge is -2.21. The minimum atomic E-state index is -0.568. The van der Waals surface area contributed by atoms with Crippen LogP contribution in [0.5, 0.6) is 0 Å². The molecular weight excluding hydrogens is 484 g/mol. The van der Waals surface area contributed by atoms with Crippen LogP contribution in [-0.4, -0.2) is 76.4 Å². The maximum Gasteiger partial charge on any atom is 0.407 e. The third kappa shape index (κ3) is 18.8. The van der Waals surface area contributed by atoms with Gasteiger partial charge < -0.3 is 34.3 Å². The van der Waals surface area contributed by atoms with E-state index in [2.05, 4.69) is 17.2 Å². The minimum Gasteiger partial charge on any atom is -0.459 e. The minimum absolute atomic E-state index is 0.0187. The molecule has 0 radical (unpaired) electrons. The summed E-state index contributed by atoms with van der Waals surface area (Å²) in [5, 5.41) is 5.24. The van der Waals surface area contributed by atoms with Gasteiger partial charge in [0.2, 0.25) is 0 Å². The van der Waals surface area contributed by atoms with Gasteiger partial charge in [0.25, 0.3) is 0 Å². The first-order valence-electron chi connectivity index (χ1n) is 13.0. The van der Waals surface area contributed by atoms with Gasteiger partial charge in [-0.05, 0) is 32.6 Å². The standard InChI is InChI=1S/C26H42N2O9/c1-21(2)24(30)35-18-20-37-26(32)28-15-9-4-3-8-14-27-25(31)36-19-17-34-23(29)13-10-16-33-22-11-6-5-7-12-22/h10,13,22H,1,3-9,11-12,14-20H2,2H3,(H,27,31)(H,28,32). The molecule has 0 aliphatic heterocycles. The first-order chi connectivity index (χ1) is 17.9. The molecule has 1 rings (SSSR count). The van der Waals surface area contributed by atoms with Crippen LogP contribution in [-0.2, 0) is 33.3 Å². The van der Waals surface area contributed by atoms with Gasteiger partial charge in [-0.15, -0.1) is 0 Å². The molecule has 210 valence electrons. The van der Waals surface area contributed by atoms with Crippen molar-refractivity contribution in [2.24, 2.45) is 0 Å². The van der Waals surface area contributed by atoms with Gasteiger partial charge in [-0.1, -0.05) is 44.8 Å². The third-order valence-electron chi connectivity index (χ3n) is 5.34. The SMILES string of the molecule is C=C(C)C(=O)OCCOC(=O)NCCCCCCNC(=O)OCCOC(=O)C=CCOC1CCCCC1. The largest absolute Gasteiger partial charge is 0.459 e. The second kappa shape index (κ2) is 21.0. The van der Waals surface area contributed by atoms with Crippen molar-refractivity contribution in [3.63, 3.8) is 0 Å². The van der Waals surface area contributed by atoms with Crippen molar-refractivity contribution in [2.75, 3.05) is 46.1 Å². The van der Waals surface area contributed by atoms with E-state index in [-0.39, 0.29) is 38.1 Å². The summed E-state index contributed by atoms with van der Waals surface area (Å²) >= 11 is 0. The molecule has 0 atom stereocenters. The van der Waals surface area contributed by atoms with E-state index < -0.39 is 24.1 Å². The Morgan fingerprint density at radius 3 is 1.89 bits per heavy atom. The topological polar surface area (TPSA) is 138 Å². The first-order valence-corrected chi connectivity index (χ1v) is 13.0. The van der Waals surface area contributed by atoms with Crippen LogP contribution in [0, 0.1) is 0 Å². The third-order valence-corrected chi connectivity index (χ3v) is 5.34. The molecule has 1 aliphatic rings. The van der Waals surface area contributed by atoms with Crippen LogP contribution in [0.4, 0.5) is 9.59 Å². The zero-order chi connectivity index (χ0) is 27.1. The quantitative estimate of drug-likeness (QED) is 0.119. The van der Waals surface area contributed by atoms with Gasteiger partial charge >= 0.3 is 24.1 Å². The first kappa shape index (κ1) is 31.9. The highest BCUT2D eigenvalue weighted by Crippen LogP contribution is 2.20. The molecular formula is C26H42N2O9. The zero-order valence-corrected chi connectivity index (χ0v) is 21.9. The summed E-state index contributed by atoms with van der Waals surface area (Å²) in [6.45, 7) is 6.20. The molecule has 11 nitrogen and oxygen atoms in total. The van der Waals surface area contributed by atoms with Crippen LogP contribution in [0.15, 0.2) is 24.3 Å². The van der Waals surface area contributed by atoms with E-state index in [4.69, 9.17) is 23.7 Å². The predicted octanol–water partition coefficient (Wildman–Crippen LogP) is 3.57. The molecule has 11 heteroatoms. The number of nitrogens with one attached hydrogen (secondary N) is 2. The Balaban J connectivity index is 1.86. The molecule has 0 aromatic carbocycles. The molecule has 0 bridgehead atoms. The van der Waals surface area contributed by atoms with E-state index >= 15 is 0 Å². The van der Waals surface area contributed by atoms with Gasteiger partial charge in [0.1, 0.15) is 26.4 Å². The number of alkyl carbamates (subject to hydrolysis) is 2. The smallest absolute Gasteiger partial charge is 0.407 e. The van der Waals surface area contributed by atoms with Crippen LogP contribution in [0.25, 0.3) is 0 Å². The van der Waals surface area contributed by atoms with Gasteiger partial charge in [0, 0.05) is 24.7 Å². The monoisotopic (exact) mass is 526 g/mol. The average Bonchev–Trinajstić information content (AvgIpc) is 2.89. The van der Waals surface area contributed by atoms with Gasteiger partial charge in [0.05, 0.1) is 12.7 Å². The van der Waals surface area contributed by atoms with Crippen molar-refractivity contribution >= 4 is 24.1 Å². The van der Waals surface area contributed by atoms with E-state index in [1.807, 2.05) is 0 Å². The lowest BCUT2D eigenvalue weighted by atomic mass is 9.98. The summed E-state index contributed by atoms with van der Waals surface area (Å²) in [6, 6.07) is 0. The molecule has 1 aliphatic carbocycles. The van der Waals surface area contributed by atoms with Gasteiger partial charge in [0.15, 0.2) is 0 Å². The molecule has 0 unspecified atom stereocenters. The van der Waals surface area contributed by atoms with Crippen molar-refractivity contribution in [3.8, 4) is 0 Å². The Labute approximate surface area is 219 Å². The molecule has 0 heterocycles. The lowest BCUT2D eigenvalue weighted by molar-refractivity contribution is -0.140. The summed E-state index contributed by atoms with van der Waals surface area (Å²) in [5.74, 6) is -1.02. The molecule has 1 fully saturated rings. The molecule has 0 spiro atoms. The Kier molecular flexibility index (Phi) is 18.2. The Hall–Kier alpha value is -3.08. The summed E-state index contributed by atoms with van der Waals surface area (Å²) < 4.78 is 25.3. The van der Waals surface area contributed by atoms with Crippen molar-refractivity contribution in [2.45, 2.75) is 70.8 Å². The second-order valence-corrected chi connectivity index (χ2v) is 8.62. The van der Waals surface area contributed by atoms with Crippen molar-refractivity contribution in [3.05, 3.63) is 24.3 Å². The summed E-state index contributed by atoms with van der Waals surface area (Å²) in [7, 11) is 0. The molecule has 1 saturated carbocycles. The highest BCUT2D eigenvalue weighted by molar-refractivity contribution is 5.86. The van der Waals surface area contributed by atoms with Crippen LogP contribution in [0.3, 0.4) is 0 Å². The lowest BCUT2D eigenvalue weighted by Crippen LogP contribution is -2.27. The van der Waals surface area contributed by atoms with Crippen LogP contribution in [0.2, 0.25) is 0 Å². The maximum atomic E-state index is 11.6.